The summed E-state index contributed by atoms with van der Waals surface area (Å²) < 4.78 is 19.3. The number of halogens is 1. The summed E-state index contributed by atoms with van der Waals surface area (Å²) in [7, 11) is 1.57. The number of methoxy groups -OCH3 is 1. The molecule has 6 heteroatoms. The summed E-state index contributed by atoms with van der Waals surface area (Å²) in [5, 5.41) is 11.1. The number of fused-ring (bicyclic) bond motifs is 2. The van der Waals surface area contributed by atoms with E-state index in [-0.39, 0.29) is 23.6 Å². The highest BCUT2D eigenvalue weighted by Crippen LogP contribution is 2.46. The van der Waals surface area contributed by atoms with Crippen molar-refractivity contribution in [3.05, 3.63) is 59.7 Å². The van der Waals surface area contributed by atoms with Crippen LogP contribution in [-0.2, 0) is 5.60 Å². The van der Waals surface area contributed by atoms with Gasteiger partial charge >= 0.3 is 0 Å². The molecule has 2 aliphatic heterocycles. The number of amides is 1. The molecule has 2 bridgehead atoms. The monoisotopic (exact) mass is 356 g/mol. The number of nitrogens with zero attached hydrogens (tertiary/aromatic N) is 2. The van der Waals surface area contributed by atoms with Gasteiger partial charge in [0.05, 0.1) is 12.7 Å². The molecule has 2 fully saturated rings. The van der Waals surface area contributed by atoms with Gasteiger partial charge in [-0.25, -0.2) is 4.98 Å². The third-order valence-electron chi connectivity index (χ3n) is 5.58. The first kappa shape index (κ1) is 17.0. The third kappa shape index (κ3) is 2.74. The Kier molecular flexibility index (Phi) is 4.15. The number of ether oxygens (including phenoxy) is 1. The molecular weight excluding hydrogens is 335 g/mol. The maximum atomic E-state index is 14.1. The van der Waals surface area contributed by atoms with Crippen LogP contribution >= 0.6 is 0 Å². The highest BCUT2D eigenvalue weighted by molar-refractivity contribution is 5.95. The van der Waals surface area contributed by atoms with Crippen LogP contribution in [0.5, 0.6) is 5.75 Å². The molecule has 0 saturated carbocycles. The van der Waals surface area contributed by atoms with E-state index in [0.29, 0.717) is 24.2 Å². The lowest BCUT2D eigenvalue weighted by Gasteiger charge is -2.44. The Bertz CT molecular complexity index is 827. The smallest absolute Gasteiger partial charge is 0.254 e. The molecule has 1 N–H and O–H groups in total. The fourth-order valence-electron chi connectivity index (χ4n) is 4.41. The predicted octanol–water partition coefficient (Wildman–Crippen LogP) is 2.88. The van der Waals surface area contributed by atoms with Crippen molar-refractivity contribution in [1.29, 1.82) is 0 Å². The van der Waals surface area contributed by atoms with Crippen molar-refractivity contribution in [2.24, 2.45) is 0 Å². The van der Waals surface area contributed by atoms with Crippen LogP contribution in [0.1, 0.15) is 41.6 Å². The molecule has 136 valence electrons. The van der Waals surface area contributed by atoms with E-state index in [0.717, 1.165) is 12.8 Å². The number of carbonyl (C=O) groups is 1. The van der Waals surface area contributed by atoms with Crippen LogP contribution < -0.4 is 4.74 Å². The number of hydrogen-bond acceptors (Lipinski definition) is 4. The van der Waals surface area contributed by atoms with Gasteiger partial charge in [0.25, 0.3) is 5.91 Å². The molecule has 1 aromatic heterocycles. The minimum absolute atomic E-state index is 0.0647. The van der Waals surface area contributed by atoms with E-state index in [1.807, 2.05) is 4.90 Å². The Hall–Kier alpha value is -2.47. The first-order valence-corrected chi connectivity index (χ1v) is 8.82. The molecule has 1 aromatic carbocycles. The molecule has 2 aromatic rings. The maximum absolute atomic E-state index is 14.1. The minimum atomic E-state index is -1.28. The Morgan fingerprint density at radius 3 is 2.65 bits per heavy atom. The molecule has 5 nitrogen and oxygen atoms in total. The summed E-state index contributed by atoms with van der Waals surface area (Å²) in [6.07, 6.45) is 3.64. The van der Waals surface area contributed by atoms with E-state index in [9.17, 15) is 14.3 Å². The second-order valence-corrected chi connectivity index (χ2v) is 7.11. The van der Waals surface area contributed by atoms with Crippen molar-refractivity contribution in [2.45, 2.75) is 43.4 Å². The summed E-state index contributed by atoms with van der Waals surface area (Å²) in [5.41, 5.74) is -0.486. The average molecular weight is 356 g/mol. The van der Waals surface area contributed by atoms with Gasteiger partial charge in [-0.3, -0.25) is 4.79 Å². The summed E-state index contributed by atoms with van der Waals surface area (Å²) in [6, 6.07) is 10.1. The second kappa shape index (κ2) is 6.36. The van der Waals surface area contributed by atoms with Crippen molar-refractivity contribution in [3.63, 3.8) is 0 Å². The lowest BCUT2D eigenvalue weighted by atomic mass is 9.80. The predicted molar refractivity (Wildman–Crippen MR) is 93.3 cm³/mol. The van der Waals surface area contributed by atoms with E-state index in [1.54, 1.807) is 43.5 Å². The van der Waals surface area contributed by atoms with Crippen molar-refractivity contribution < 1.29 is 19.0 Å². The van der Waals surface area contributed by atoms with Gasteiger partial charge < -0.3 is 14.7 Å². The van der Waals surface area contributed by atoms with Crippen LogP contribution in [-0.4, -0.2) is 40.1 Å². The molecule has 0 spiro atoms. The number of benzene rings is 1. The lowest BCUT2D eigenvalue weighted by Crippen LogP contribution is -2.52. The highest BCUT2D eigenvalue weighted by atomic mass is 19.1. The molecule has 0 radical (unpaired) electrons. The zero-order valence-electron chi connectivity index (χ0n) is 14.6. The lowest BCUT2D eigenvalue weighted by molar-refractivity contribution is -0.0504. The number of aliphatic hydroxyl groups is 1. The Balaban J connectivity index is 1.61. The summed E-state index contributed by atoms with van der Waals surface area (Å²) >= 11 is 0. The van der Waals surface area contributed by atoms with Crippen LogP contribution in [0.15, 0.2) is 42.6 Å². The van der Waals surface area contributed by atoms with Gasteiger partial charge in [-0.15, -0.1) is 0 Å². The van der Waals surface area contributed by atoms with Gasteiger partial charge in [0.2, 0.25) is 5.95 Å². The molecule has 2 aliphatic rings. The molecule has 2 saturated heterocycles. The first-order valence-electron chi connectivity index (χ1n) is 8.82. The van der Waals surface area contributed by atoms with Crippen LogP contribution in [0.4, 0.5) is 4.39 Å². The zero-order chi connectivity index (χ0) is 18.3. The van der Waals surface area contributed by atoms with Crippen molar-refractivity contribution in [3.8, 4) is 5.75 Å². The van der Waals surface area contributed by atoms with Crippen molar-refractivity contribution in [1.82, 2.24) is 9.88 Å². The van der Waals surface area contributed by atoms with Gasteiger partial charge in [0.1, 0.15) is 5.75 Å². The van der Waals surface area contributed by atoms with Gasteiger partial charge in [0, 0.05) is 42.2 Å². The second-order valence-electron chi connectivity index (χ2n) is 7.11. The number of pyridine rings is 1. The molecule has 2 atom stereocenters. The molecule has 4 rings (SSSR count). The largest absolute Gasteiger partial charge is 0.497 e. The average Bonchev–Trinajstić information content (AvgIpc) is 2.93. The van der Waals surface area contributed by atoms with Crippen LogP contribution in [0.2, 0.25) is 0 Å². The quantitative estimate of drug-likeness (QED) is 0.859. The van der Waals surface area contributed by atoms with E-state index < -0.39 is 11.5 Å². The highest BCUT2D eigenvalue weighted by Gasteiger charge is 2.51. The number of hydrogen-bond donors (Lipinski definition) is 1. The van der Waals surface area contributed by atoms with E-state index in [2.05, 4.69) is 4.98 Å². The maximum Gasteiger partial charge on any atom is 0.254 e. The number of rotatable bonds is 3. The first-order chi connectivity index (χ1) is 12.5. The van der Waals surface area contributed by atoms with Gasteiger partial charge in [-0.05, 0) is 37.1 Å². The van der Waals surface area contributed by atoms with Crippen molar-refractivity contribution in [2.75, 3.05) is 7.11 Å². The molecule has 0 aliphatic carbocycles. The number of piperidine rings is 1. The third-order valence-corrected chi connectivity index (χ3v) is 5.58. The van der Waals surface area contributed by atoms with Crippen LogP contribution in [0, 0.1) is 5.95 Å². The number of aromatic nitrogens is 1. The Morgan fingerprint density at radius 2 is 2.00 bits per heavy atom. The topological polar surface area (TPSA) is 62.7 Å². The normalized spacial score (nSPS) is 27.4. The molecule has 0 unspecified atom stereocenters. The van der Waals surface area contributed by atoms with E-state index in [4.69, 9.17) is 4.74 Å². The Labute approximate surface area is 151 Å². The van der Waals surface area contributed by atoms with Crippen LogP contribution in [0.3, 0.4) is 0 Å². The van der Waals surface area contributed by atoms with Gasteiger partial charge in [-0.2, -0.15) is 4.39 Å². The molecular formula is C20H21FN2O3. The Morgan fingerprint density at radius 1 is 1.27 bits per heavy atom. The van der Waals surface area contributed by atoms with Gasteiger partial charge in [0.15, 0.2) is 0 Å². The summed E-state index contributed by atoms with van der Waals surface area (Å²) in [6.45, 7) is 0. The fraction of sp³-hybridized carbons (Fsp3) is 0.400. The van der Waals surface area contributed by atoms with Crippen LogP contribution in [0.25, 0.3) is 0 Å². The van der Waals surface area contributed by atoms with E-state index >= 15 is 0 Å². The van der Waals surface area contributed by atoms with Gasteiger partial charge in [-0.1, -0.05) is 12.1 Å². The molecule has 1 amide bonds. The standard InChI is InChI=1S/C20H21FN2O3/c1-26-16-5-2-4-13(10-16)19(24)23-14-7-8-15(23)12-20(25,11-14)17-6-3-9-22-18(17)21/h2-6,9-10,14-15,25H,7-8,11-12H2,1H3/t14-,15-/m0/s1. The van der Waals surface area contributed by atoms with Crippen molar-refractivity contribution >= 4 is 5.91 Å². The SMILES string of the molecule is COc1cccc(C(=O)N2[C@H]3CC[C@H]2CC(O)(c2cccnc2F)C3)c1. The van der Waals surface area contributed by atoms with E-state index in [1.165, 1.54) is 6.20 Å². The summed E-state index contributed by atoms with van der Waals surface area (Å²) in [4.78, 5) is 18.6. The zero-order valence-corrected chi connectivity index (χ0v) is 14.6. The summed E-state index contributed by atoms with van der Waals surface area (Å²) in [5.74, 6) is -0.0683. The minimum Gasteiger partial charge on any atom is -0.497 e. The molecule has 26 heavy (non-hydrogen) atoms. The number of carbonyl (C=O) groups excluding carboxylic acids is 1. The molecule has 3 heterocycles. The fourth-order valence-corrected chi connectivity index (χ4v) is 4.41.